The molecule has 1 aromatic carbocycles. The largest absolute Gasteiger partial charge is 0.409 e. The van der Waals surface area contributed by atoms with Gasteiger partial charge in [0.15, 0.2) is 5.84 Å². The van der Waals surface area contributed by atoms with Crippen molar-refractivity contribution in [3.8, 4) is 0 Å². The summed E-state index contributed by atoms with van der Waals surface area (Å²) in [7, 11) is 0. The molecule has 0 radical (unpaired) electrons. The first-order valence-corrected chi connectivity index (χ1v) is 6.41. The highest BCUT2D eigenvalue weighted by Crippen LogP contribution is 2.05. The van der Waals surface area contributed by atoms with E-state index in [1.54, 1.807) is 0 Å². The van der Waals surface area contributed by atoms with Crippen LogP contribution in [0.3, 0.4) is 0 Å². The Morgan fingerprint density at radius 1 is 1.33 bits per heavy atom. The Kier molecular flexibility index (Phi) is 6.22. The fraction of sp³-hybridized carbons (Fsp3) is 0.500. The highest BCUT2D eigenvalue weighted by Gasteiger charge is 1.99. The number of oxime groups is 1. The highest BCUT2D eigenvalue weighted by molar-refractivity contribution is 5.96. The topological polar surface area (TPSA) is 70.6 Å². The van der Waals surface area contributed by atoms with Gasteiger partial charge in [0.1, 0.15) is 0 Å². The summed E-state index contributed by atoms with van der Waals surface area (Å²) in [5.74, 6) is 0.915. The molecule has 0 saturated carbocycles. The van der Waals surface area contributed by atoms with Gasteiger partial charge in [-0.3, -0.25) is 0 Å². The van der Waals surface area contributed by atoms with Gasteiger partial charge in [0, 0.05) is 12.1 Å². The van der Waals surface area contributed by atoms with Gasteiger partial charge in [0.25, 0.3) is 0 Å². The molecular formula is C14H23N3O. The lowest BCUT2D eigenvalue weighted by molar-refractivity contribution is 0.318. The summed E-state index contributed by atoms with van der Waals surface area (Å²) in [6, 6.07) is 7.70. The lowest BCUT2D eigenvalue weighted by Gasteiger charge is -2.07. The predicted octanol–water partition coefficient (Wildman–Crippen LogP) is 2.31. The van der Waals surface area contributed by atoms with Gasteiger partial charge in [0.2, 0.25) is 0 Å². The normalized spacial score (nSPS) is 12.1. The van der Waals surface area contributed by atoms with E-state index in [1.165, 1.54) is 18.4 Å². The lowest BCUT2D eigenvalue weighted by Crippen LogP contribution is -2.16. The molecule has 0 aliphatic heterocycles. The molecule has 100 valence electrons. The molecule has 4 N–H and O–H groups in total. The summed E-state index contributed by atoms with van der Waals surface area (Å²) in [5, 5.41) is 14.9. The SMILES string of the molecule is CC(C)CCCNCc1ccc(C(N)=NO)cc1. The first kappa shape index (κ1) is 14.5. The molecule has 0 unspecified atom stereocenters. The number of nitrogens with one attached hydrogen (secondary N) is 1. The van der Waals surface area contributed by atoms with Gasteiger partial charge in [-0.05, 0) is 30.9 Å². The van der Waals surface area contributed by atoms with Crippen molar-refractivity contribution in [2.75, 3.05) is 6.54 Å². The summed E-state index contributed by atoms with van der Waals surface area (Å²) in [4.78, 5) is 0. The smallest absolute Gasteiger partial charge is 0.170 e. The monoisotopic (exact) mass is 249 g/mol. The standard InChI is InChI=1S/C14H23N3O/c1-11(2)4-3-9-16-10-12-5-7-13(8-6-12)14(15)17-18/h5-8,11,16,18H,3-4,9-10H2,1-2H3,(H2,15,17). The third-order valence-electron chi connectivity index (χ3n) is 2.82. The Morgan fingerprint density at radius 2 is 2.00 bits per heavy atom. The van der Waals surface area contributed by atoms with E-state index in [-0.39, 0.29) is 5.84 Å². The van der Waals surface area contributed by atoms with Crippen molar-refractivity contribution in [2.45, 2.75) is 33.2 Å². The number of amidine groups is 1. The second-order valence-electron chi connectivity index (χ2n) is 4.90. The number of benzene rings is 1. The van der Waals surface area contributed by atoms with E-state index in [2.05, 4.69) is 24.3 Å². The average molecular weight is 249 g/mol. The zero-order valence-electron chi connectivity index (χ0n) is 11.2. The molecule has 4 heteroatoms. The molecule has 0 heterocycles. The van der Waals surface area contributed by atoms with Crippen LogP contribution in [-0.4, -0.2) is 17.6 Å². The van der Waals surface area contributed by atoms with Crippen molar-refractivity contribution >= 4 is 5.84 Å². The van der Waals surface area contributed by atoms with Crippen molar-refractivity contribution in [2.24, 2.45) is 16.8 Å². The zero-order chi connectivity index (χ0) is 13.4. The molecule has 0 amide bonds. The van der Waals surface area contributed by atoms with Crippen molar-refractivity contribution in [3.63, 3.8) is 0 Å². The van der Waals surface area contributed by atoms with Crippen LogP contribution >= 0.6 is 0 Å². The first-order valence-electron chi connectivity index (χ1n) is 6.41. The van der Waals surface area contributed by atoms with Gasteiger partial charge in [-0.2, -0.15) is 0 Å². The van der Waals surface area contributed by atoms with E-state index >= 15 is 0 Å². The molecule has 1 rings (SSSR count). The molecule has 0 spiro atoms. The maximum Gasteiger partial charge on any atom is 0.170 e. The Labute approximate surface area is 109 Å². The van der Waals surface area contributed by atoms with Gasteiger partial charge in [-0.1, -0.05) is 43.3 Å². The summed E-state index contributed by atoms with van der Waals surface area (Å²) in [6.07, 6.45) is 2.47. The first-order chi connectivity index (χ1) is 8.63. The number of hydrogen-bond acceptors (Lipinski definition) is 3. The highest BCUT2D eigenvalue weighted by atomic mass is 16.4. The second-order valence-corrected chi connectivity index (χ2v) is 4.90. The molecule has 0 atom stereocenters. The minimum atomic E-state index is 0.145. The minimum Gasteiger partial charge on any atom is -0.409 e. The fourth-order valence-corrected chi connectivity index (χ4v) is 1.72. The summed E-state index contributed by atoms with van der Waals surface area (Å²) in [6.45, 7) is 6.38. The van der Waals surface area contributed by atoms with Crippen molar-refractivity contribution < 1.29 is 5.21 Å². The molecule has 0 aromatic heterocycles. The number of rotatable bonds is 7. The van der Waals surface area contributed by atoms with Gasteiger partial charge in [0.05, 0.1) is 0 Å². The Hall–Kier alpha value is -1.55. The van der Waals surface area contributed by atoms with Gasteiger partial charge in [-0.15, -0.1) is 0 Å². The average Bonchev–Trinajstić information content (AvgIpc) is 2.38. The van der Waals surface area contributed by atoms with E-state index < -0.39 is 0 Å². The third-order valence-corrected chi connectivity index (χ3v) is 2.82. The minimum absolute atomic E-state index is 0.145. The van der Waals surface area contributed by atoms with E-state index in [4.69, 9.17) is 10.9 Å². The summed E-state index contributed by atoms with van der Waals surface area (Å²) >= 11 is 0. The number of nitrogens with zero attached hydrogens (tertiary/aromatic N) is 1. The lowest BCUT2D eigenvalue weighted by atomic mass is 10.1. The molecule has 4 nitrogen and oxygen atoms in total. The summed E-state index contributed by atoms with van der Waals surface area (Å²) < 4.78 is 0. The van der Waals surface area contributed by atoms with Crippen LogP contribution in [0.25, 0.3) is 0 Å². The van der Waals surface area contributed by atoms with Crippen LogP contribution in [0, 0.1) is 5.92 Å². The molecule has 18 heavy (non-hydrogen) atoms. The molecule has 0 aliphatic rings. The van der Waals surface area contributed by atoms with E-state index in [0.29, 0.717) is 0 Å². The molecule has 0 aliphatic carbocycles. The maximum absolute atomic E-state index is 8.55. The Morgan fingerprint density at radius 3 is 2.56 bits per heavy atom. The zero-order valence-corrected chi connectivity index (χ0v) is 11.2. The van der Waals surface area contributed by atoms with Crippen molar-refractivity contribution in [3.05, 3.63) is 35.4 Å². The van der Waals surface area contributed by atoms with Crippen molar-refractivity contribution in [1.29, 1.82) is 0 Å². The van der Waals surface area contributed by atoms with Gasteiger partial charge in [-0.25, -0.2) is 0 Å². The predicted molar refractivity (Wildman–Crippen MR) is 74.7 cm³/mol. The van der Waals surface area contributed by atoms with Crippen LogP contribution < -0.4 is 11.1 Å². The Bertz CT molecular complexity index is 371. The molecule has 0 saturated heterocycles. The third kappa shape index (κ3) is 5.19. The maximum atomic E-state index is 8.55. The van der Waals surface area contributed by atoms with Crippen molar-refractivity contribution in [1.82, 2.24) is 5.32 Å². The van der Waals surface area contributed by atoms with Crippen LogP contribution in [0.2, 0.25) is 0 Å². The molecule has 0 fully saturated rings. The second kappa shape index (κ2) is 7.71. The Balaban J connectivity index is 2.31. The number of nitrogens with two attached hydrogens (primary N) is 1. The van der Waals surface area contributed by atoms with Crippen LogP contribution in [0.5, 0.6) is 0 Å². The van der Waals surface area contributed by atoms with E-state index in [0.717, 1.165) is 24.6 Å². The summed E-state index contributed by atoms with van der Waals surface area (Å²) in [5.41, 5.74) is 7.44. The molecular weight excluding hydrogens is 226 g/mol. The van der Waals surface area contributed by atoms with Crippen LogP contribution in [-0.2, 0) is 6.54 Å². The fourth-order valence-electron chi connectivity index (χ4n) is 1.72. The van der Waals surface area contributed by atoms with Crippen LogP contribution in [0.4, 0.5) is 0 Å². The van der Waals surface area contributed by atoms with E-state index in [9.17, 15) is 0 Å². The van der Waals surface area contributed by atoms with Crippen LogP contribution in [0.15, 0.2) is 29.4 Å². The molecule has 1 aromatic rings. The number of hydrogen-bond donors (Lipinski definition) is 3. The van der Waals surface area contributed by atoms with Crippen LogP contribution in [0.1, 0.15) is 37.8 Å². The van der Waals surface area contributed by atoms with E-state index in [1.807, 2.05) is 24.3 Å². The molecule has 0 bridgehead atoms. The van der Waals surface area contributed by atoms with Gasteiger partial charge < -0.3 is 16.3 Å². The van der Waals surface area contributed by atoms with Gasteiger partial charge >= 0.3 is 0 Å². The quantitative estimate of drug-likeness (QED) is 0.228.